The van der Waals surface area contributed by atoms with Gasteiger partial charge in [0.1, 0.15) is 0 Å². The van der Waals surface area contributed by atoms with E-state index in [4.69, 9.17) is 5.39 Å². The molecule has 1 N–H and O–H groups in total. The average Bonchev–Trinajstić information content (AvgIpc) is 2.48. The quantitative estimate of drug-likeness (QED) is 0.641. The van der Waals surface area contributed by atoms with E-state index in [1.807, 2.05) is 30.3 Å². The van der Waals surface area contributed by atoms with E-state index in [0.29, 0.717) is 5.69 Å². The third kappa shape index (κ3) is 2.38. The van der Waals surface area contributed by atoms with Crippen LogP contribution in [0.1, 0.15) is 0 Å². The Morgan fingerprint density at radius 1 is 0.737 bits per heavy atom. The molecule has 0 aliphatic heterocycles. The first-order valence-corrected chi connectivity index (χ1v) is 6.06. The number of hydrogen-bond acceptors (Lipinski definition) is 2. The second-order valence-electron chi connectivity index (χ2n) is 4.33. The van der Waals surface area contributed by atoms with E-state index in [1.165, 1.54) is 10.8 Å². The molecule has 3 aromatic carbocycles. The molecule has 3 rings (SSSR count). The van der Waals surface area contributed by atoms with Crippen LogP contribution in [0.4, 0.5) is 17.1 Å². The minimum atomic E-state index is 0.545. The maximum atomic E-state index is 8.64. The molecular weight excluding hydrogens is 234 g/mol. The first kappa shape index (κ1) is 11.2. The summed E-state index contributed by atoms with van der Waals surface area (Å²) in [6.45, 7) is 0. The second-order valence-corrected chi connectivity index (χ2v) is 4.33. The SMILES string of the molecule is N#[N+]c1ccc(Nc2ccc3ccccc3c2)cc1. The molecule has 0 fully saturated rings. The van der Waals surface area contributed by atoms with E-state index >= 15 is 0 Å². The largest absolute Gasteiger partial charge is 0.385 e. The van der Waals surface area contributed by atoms with Crippen molar-refractivity contribution in [2.75, 3.05) is 5.32 Å². The summed E-state index contributed by atoms with van der Waals surface area (Å²) in [5.74, 6) is 0. The lowest BCUT2D eigenvalue weighted by Gasteiger charge is -2.07. The summed E-state index contributed by atoms with van der Waals surface area (Å²) >= 11 is 0. The Morgan fingerprint density at radius 3 is 2.16 bits per heavy atom. The van der Waals surface area contributed by atoms with Crippen molar-refractivity contribution in [1.29, 1.82) is 5.39 Å². The normalized spacial score (nSPS) is 10.1. The molecule has 3 aromatic rings. The molecule has 3 nitrogen and oxygen atoms in total. The summed E-state index contributed by atoms with van der Waals surface area (Å²) in [5, 5.41) is 14.4. The van der Waals surface area contributed by atoms with Gasteiger partial charge in [0, 0.05) is 23.5 Å². The Morgan fingerprint density at radius 2 is 1.42 bits per heavy atom. The number of nitrogens with one attached hydrogen (secondary N) is 1. The van der Waals surface area contributed by atoms with Crippen LogP contribution in [0.2, 0.25) is 0 Å². The molecular formula is C16H12N3+. The fourth-order valence-corrected chi connectivity index (χ4v) is 2.05. The first-order valence-electron chi connectivity index (χ1n) is 6.06. The molecule has 0 heterocycles. The predicted octanol–water partition coefficient (Wildman–Crippen LogP) is 5.07. The smallest absolute Gasteiger partial charge is 0.356 e. The number of anilines is 2. The highest BCUT2D eigenvalue weighted by Gasteiger charge is 2.03. The van der Waals surface area contributed by atoms with Gasteiger partial charge in [-0.25, -0.2) is 0 Å². The van der Waals surface area contributed by atoms with Crippen LogP contribution in [-0.4, -0.2) is 0 Å². The molecule has 19 heavy (non-hydrogen) atoms. The molecule has 0 radical (unpaired) electrons. The number of fused-ring (bicyclic) bond motifs is 1. The molecule has 0 saturated carbocycles. The Bertz CT molecular complexity index is 755. The van der Waals surface area contributed by atoms with E-state index in [2.05, 4.69) is 34.6 Å². The first-order chi connectivity index (χ1) is 9.35. The highest BCUT2D eigenvalue weighted by molar-refractivity contribution is 5.86. The van der Waals surface area contributed by atoms with Crippen LogP contribution in [-0.2, 0) is 0 Å². The number of hydrogen-bond donors (Lipinski definition) is 1. The van der Waals surface area contributed by atoms with Crippen LogP contribution in [0, 0.1) is 5.39 Å². The Labute approximate surface area is 111 Å². The van der Waals surface area contributed by atoms with Gasteiger partial charge in [-0.1, -0.05) is 30.3 Å². The monoisotopic (exact) mass is 246 g/mol. The topological polar surface area (TPSA) is 40.2 Å². The van der Waals surface area contributed by atoms with Gasteiger partial charge < -0.3 is 5.32 Å². The zero-order valence-electron chi connectivity index (χ0n) is 10.2. The van der Waals surface area contributed by atoms with Crippen LogP contribution in [0.3, 0.4) is 0 Å². The van der Waals surface area contributed by atoms with E-state index in [0.717, 1.165) is 11.4 Å². The molecule has 0 aromatic heterocycles. The Kier molecular flexibility index (Phi) is 2.83. The van der Waals surface area contributed by atoms with Crippen molar-refractivity contribution in [2.45, 2.75) is 0 Å². The molecule has 0 saturated heterocycles. The molecule has 0 unspecified atom stereocenters. The van der Waals surface area contributed by atoms with Crippen molar-refractivity contribution >= 4 is 27.8 Å². The number of nitrogens with zero attached hydrogens (tertiary/aromatic N) is 2. The standard InChI is InChI=1S/C16H12N3/c17-19-15-9-7-14(8-10-15)18-16-6-5-12-3-1-2-4-13(12)11-16/h1-11,18H/q+1. The van der Waals surface area contributed by atoms with E-state index in [1.54, 1.807) is 12.1 Å². The van der Waals surface area contributed by atoms with Crippen molar-refractivity contribution in [3.8, 4) is 0 Å². The number of benzene rings is 3. The third-order valence-corrected chi connectivity index (χ3v) is 3.02. The summed E-state index contributed by atoms with van der Waals surface area (Å²) in [6.07, 6.45) is 0. The van der Waals surface area contributed by atoms with Crippen LogP contribution in [0.5, 0.6) is 0 Å². The fourth-order valence-electron chi connectivity index (χ4n) is 2.05. The molecule has 0 aliphatic carbocycles. The summed E-state index contributed by atoms with van der Waals surface area (Å²) in [7, 11) is 0. The van der Waals surface area contributed by atoms with E-state index in [9.17, 15) is 0 Å². The molecule has 3 heteroatoms. The third-order valence-electron chi connectivity index (χ3n) is 3.02. The number of diazo groups is 1. The lowest BCUT2D eigenvalue weighted by Crippen LogP contribution is -1.89. The second kappa shape index (κ2) is 4.79. The maximum absolute atomic E-state index is 8.64. The summed E-state index contributed by atoms with van der Waals surface area (Å²) in [4.78, 5) is 3.13. The fraction of sp³-hybridized carbons (Fsp3) is 0. The molecule has 0 amide bonds. The van der Waals surface area contributed by atoms with Gasteiger partial charge >= 0.3 is 5.69 Å². The molecule has 0 atom stereocenters. The van der Waals surface area contributed by atoms with Crippen LogP contribution in [0.25, 0.3) is 15.7 Å². The Hall–Kier alpha value is -2.86. The van der Waals surface area contributed by atoms with Crippen LogP contribution < -0.4 is 5.32 Å². The summed E-state index contributed by atoms with van der Waals surface area (Å²) in [6, 6.07) is 21.8. The van der Waals surface area contributed by atoms with Crippen molar-refractivity contribution in [3.63, 3.8) is 0 Å². The minimum Gasteiger partial charge on any atom is -0.356 e. The van der Waals surface area contributed by atoms with Gasteiger partial charge in [0.05, 0.1) is 0 Å². The van der Waals surface area contributed by atoms with E-state index in [-0.39, 0.29) is 0 Å². The van der Waals surface area contributed by atoms with Gasteiger partial charge in [0.2, 0.25) is 5.39 Å². The molecule has 90 valence electrons. The zero-order chi connectivity index (χ0) is 13.1. The van der Waals surface area contributed by atoms with Gasteiger partial charge in [0.15, 0.2) is 4.98 Å². The number of rotatable bonds is 2. The predicted molar refractivity (Wildman–Crippen MR) is 78.4 cm³/mol. The lowest BCUT2D eigenvalue weighted by molar-refractivity contribution is 1.46. The maximum Gasteiger partial charge on any atom is 0.385 e. The van der Waals surface area contributed by atoms with Gasteiger partial charge in [0.25, 0.3) is 0 Å². The van der Waals surface area contributed by atoms with Gasteiger partial charge in [-0.3, -0.25) is 0 Å². The van der Waals surface area contributed by atoms with Gasteiger partial charge in [-0.15, -0.1) is 0 Å². The minimum absolute atomic E-state index is 0.545. The van der Waals surface area contributed by atoms with Crippen molar-refractivity contribution in [3.05, 3.63) is 71.7 Å². The highest BCUT2D eigenvalue weighted by Crippen LogP contribution is 2.23. The highest BCUT2D eigenvalue weighted by atomic mass is 14.9. The summed E-state index contributed by atoms with van der Waals surface area (Å²) in [5.41, 5.74) is 2.54. The molecule has 0 aliphatic rings. The van der Waals surface area contributed by atoms with Crippen molar-refractivity contribution in [1.82, 2.24) is 0 Å². The van der Waals surface area contributed by atoms with Crippen molar-refractivity contribution in [2.24, 2.45) is 0 Å². The zero-order valence-corrected chi connectivity index (χ0v) is 10.2. The van der Waals surface area contributed by atoms with Crippen LogP contribution >= 0.6 is 0 Å². The molecule has 0 bridgehead atoms. The molecule has 0 spiro atoms. The van der Waals surface area contributed by atoms with Gasteiger partial charge in [-0.2, -0.15) is 0 Å². The van der Waals surface area contributed by atoms with E-state index < -0.39 is 0 Å². The van der Waals surface area contributed by atoms with Crippen LogP contribution in [0.15, 0.2) is 66.7 Å². The lowest BCUT2D eigenvalue weighted by atomic mass is 10.1. The van der Waals surface area contributed by atoms with Crippen molar-refractivity contribution < 1.29 is 0 Å². The summed E-state index contributed by atoms with van der Waals surface area (Å²) < 4.78 is 0. The average molecular weight is 246 g/mol. The Balaban J connectivity index is 1.90. The van der Waals surface area contributed by atoms with Gasteiger partial charge in [-0.05, 0) is 35.0 Å².